The van der Waals surface area contributed by atoms with Crippen LogP contribution in [0, 0.1) is 0 Å². The van der Waals surface area contributed by atoms with Gasteiger partial charge in [0.1, 0.15) is 0 Å². The molecular weight excluding hydrogens is 119 g/mol. The monoisotopic (exact) mass is 122 g/mol. The quantitative estimate of drug-likeness (QED) is 0.300. The molecule has 7 heavy (non-hydrogen) atoms. The SMILES string of the molecule is [Na+].[S-]c1c[nH]cn1. The minimum absolute atomic E-state index is 0. The zero-order valence-electron chi connectivity index (χ0n) is 4.01. The predicted molar refractivity (Wildman–Crippen MR) is 24.2 cm³/mol. The average molecular weight is 122 g/mol. The van der Waals surface area contributed by atoms with Gasteiger partial charge in [-0.1, -0.05) is 5.03 Å². The first-order chi connectivity index (χ1) is 2.89. The van der Waals surface area contributed by atoms with Gasteiger partial charge in [-0.15, -0.1) is 0 Å². The summed E-state index contributed by atoms with van der Waals surface area (Å²) in [6.07, 6.45) is 3.22. The van der Waals surface area contributed by atoms with Crippen molar-refractivity contribution in [1.29, 1.82) is 0 Å². The number of rotatable bonds is 0. The van der Waals surface area contributed by atoms with Crippen molar-refractivity contribution in [2.45, 2.75) is 5.03 Å². The minimum Gasteiger partial charge on any atom is -0.759 e. The van der Waals surface area contributed by atoms with Crippen LogP contribution < -0.4 is 29.6 Å². The zero-order chi connectivity index (χ0) is 4.41. The molecule has 0 aliphatic heterocycles. The number of hydrogen-bond acceptors (Lipinski definition) is 2. The third-order valence-corrected chi connectivity index (χ3v) is 0.696. The van der Waals surface area contributed by atoms with Crippen LogP contribution in [0.3, 0.4) is 0 Å². The smallest absolute Gasteiger partial charge is 0.759 e. The van der Waals surface area contributed by atoms with Gasteiger partial charge in [0, 0.05) is 6.20 Å². The van der Waals surface area contributed by atoms with Crippen molar-refractivity contribution in [3.63, 3.8) is 0 Å². The first-order valence-corrected chi connectivity index (χ1v) is 1.96. The van der Waals surface area contributed by atoms with Gasteiger partial charge in [0.2, 0.25) is 0 Å². The Bertz CT molecular complexity index is 116. The summed E-state index contributed by atoms with van der Waals surface area (Å²) in [5.41, 5.74) is 0. The zero-order valence-corrected chi connectivity index (χ0v) is 6.83. The molecule has 0 radical (unpaired) electrons. The molecule has 2 nitrogen and oxygen atoms in total. The molecule has 1 aromatic rings. The molecule has 0 atom stereocenters. The maximum Gasteiger partial charge on any atom is 1.00 e. The van der Waals surface area contributed by atoms with E-state index in [0.29, 0.717) is 5.03 Å². The molecule has 0 saturated carbocycles. The summed E-state index contributed by atoms with van der Waals surface area (Å²) >= 11 is 4.60. The Balaban J connectivity index is 0.000000360. The predicted octanol–water partition coefficient (Wildman–Crippen LogP) is -2.68. The molecule has 0 unspecified atom stereocenters. The van der Waals surface area contributed by atoms with E-state index in [9.17, 15) is 0 Å². The maximum atomic E-state index is 4.60. The first kappa shape index (κ1) is 7.43. The van der Waals surface area contributed by atoms with E-state index >= 15 is 0 Å². The molecular formula is C3H3N2NaS. The summed E-state index contributed by atoms with van der Waals surface area (Å²) in [5, 5.41) is 0.620. The van der Waals surface area contributed by atoms with E-state index in [-0.39, 0.29) is 29.6 Å². The number of imidazole rings is 1. The molecule has 0 fully saturated rings. The van der Waals surface area contributed by atoms with Crippen LogP contribution in [0.15, 0.2) is 17.6 Å². The second-order valence-corrected chi connectivity index (χ2v) is 1.33. The summed E-state index contributed by atoms with van der Waals surface area (Å²) < 4.78 is 0. The Labute approximate surface area is 69.4 Å². The van der Waals surface area contributed by atoms with Crippen molar-refractivity contribution >= 4 is 12.6 Å². The van der Waals surface area contributed by atoms with Crippen LogP contribution in [0.4, 0.5) is 0 Å². The van der Waals surface area contributed by atoms with Crippen LogP contribution >= 0.6 is 0 Å². The largest absolute Gasteiger partial charge is 1.00 e. The fourth-order valence-corrected chi connectivity index (χ4v) is 0.367. The van der Waals surface area contributed by atoms with Gasteiger partial charge in [0.15, 0.2) is 0 Å². The molecule has 1 N–H and O–H groups in total. The van der Waals surface area contributed by atoms with Gasteiger partial charge >= 0.3 is 29.6 Å². The van der Waals surface area contributed by atoms with Gasteiger partial charge in [0.25, 0.3) is 0 Å². The molecule has 1 aromatic heterocycles. The van der Waals surface area contributed by atoms with E-state index in [1.165, 1.54) is 0 Å². The van der Waals surface area contributed by atoms with Crippen LogP contribution in [0.1, 0.15) is 0 Å². The van der Waals surface area contributed by atoms with Gasteiger partial charge in [-0.05, 0) is 0 Å². The van der Waals surface area contributed by atoms with Crippen molar-refractivity contribution < 1.29 is 29.6 Å². The number of aromatic amines is 1. The van der Waals surface area contributed by atoms with E-state index in [1.807, 2.05) is 0 Å². The molecule has 4 heteroatoms. The Morgan fingerprint density at radius 1 is 1.71 bits per heavy atom. The molecule has 0 spiro atoms. The second-order valence-electron chi connectivity index (χ2n) is 0.907. The Morgan fingerprint density at radius 3 is 2.57 bits per heavy atom. The van der Waals surface area contributed by atoms with Crippen molar-refractivity contribution in [1.82, 2.24) is 9.97 Å². The van der Waals surface area contributed by atoms with Gasteiger partial charge in [-0.25, -0.2) is 0 Å². The van der Waals surface area contributed by atoms with E-state index < -0.39 is 0 Å². The first-order valence-electron chi connectivity index (χ1n) is 1.55. The molecule has 0 bridgehead atoms. The fraction of sp³-hybridized carbons (Fsp3) is 0. The Morgan fingerprint density at radius 2 is 2.43 bits per heavy atom. The van der Waals surface area contributed by atoms with Crippen molar-refractivity contribution in [2.75, 3.05) is 0 Å². The van der Waals surface area contributed by atoms with Gasteiger partial charge in [-0.3, -0.25) is 4.98 Å². The van der Waals surface area contributed by atoms with Crippen LogP contribution in [-0.2, 0) is 12.6 Å². The minimum atomic E-state index is 0. The summed E-state index contributed by atoms with van der Waals surface area (Å²) in [6.45, 7) is 0. The van der Waals surface area contributed by atoms with Gasteiger partial charge < -0.3 is 17.6 Å². The Hall–Kier alpha value is 0.430. The van der Waals surface area contributed by atoms with Gasteiger partial charge in [0.05, 0.1) is 6.33 Å². The Kier molecular flexibility index (Phi) is 3.65. The third-order valence-electron chi connectivity index (χ3n) is 0.473. The molecule has 0 saturated heterocycles. The standard InChI is InChI=1S/C3H4N2S.Na/c6-3-1-4-2-5-3;/h1-2,6H,(H,4,5);/q;+1/p-1. The van der Waals surface area contributed by atoms with Crippen LogP contribution in [0.5, 0.6) is 0 Å². The second kappa shape index (κ2) is 3.43. The van der Waals surface area contributed by atoms with Crippen molar-refractivity contribution in [2.24, 2.45) is 0 Å². The number of aromatic nitrogens is 2. The topological polar surface area (TPSA) is 28.7 Å². The summed E-state index contributed by atoms with van der Waals surface area (Å²) in [4.78, 5) is 6.39. The van der Waals surface area contributed by atoms with Crippen LogP contribution in [0.2, 0.25) is 0 Å². The van der Waals surface area contributed by atoms with E-state index in [0.717, 1.165) is 0 Å². The van der Waals surface area contributed by atoms with Crippen molar-refractivity contribution in [3.05, 3.63) is 12.5 Å². The summed E-state index contributed by atoms with van der Waals surface area (Å²) in [5.74, 6) is 0. The maximum absolute atomic E-state index is 4.60. The third kappa shape index (κ3) is 2.29. The number of H-pyrrole nitrogens is 1. The summed E-state index contributed by atoms with van der Waals surface area (Å²) in [7, 11) is 0. The molecule has 0 aromatic carbocycles. The number of nitrogens with one attached hydrogen (secondary N) is 1. The molecule has 32 valence electrons. The van der Waals surface area contributed by atoms with E-state index in [4.69, 9.17) is 0 Å². The van der Waals surface area contributed by atoms with Crippen LogP contribution in [0.25, 0.3) is 0 Å². The number of nitrogens with zero attached hydrogens (tertiary/aromatic N) is 1. The van der Waals surface area contributed by atoms with E-state index in [2.05, 4.69) is 22.6 Å². The molecule has 0 aliphatic rings. The summed E-state index contributed by atoms with van der Waals surface area (Å²) in [6, 6.07) is 0. The molecule has 0 amide bonds. The molecule has 0 aliphatic carbocycles. The normalized spacial score (nSPS) is 7.43. The van der Waals surface area contributed by atoms with Crippen molar-refractivity contribution in [3.8, 4) is 0 Å². The number of hydrogen-bond donors (Lipinski definition) is 1. The fourth-order valence-electron chi connectivity index (χ4n) is 0.247. The molecule has 1 heterocycles. The van der Waals surface area contributed by atoms with Crippen LogP contribution in [-0.4, -0.2) is 9.97 Å². The molecule has 1 rings (SSSR count). The average Bonchev–Trinajstić information content (AvgIpc) is 1.86. The van der Waals surface area contributed by atoms with Gasteiger partial charge in [-0.2, -0.15) is 0 Å². The van der Waals surface area contributed by atoms with E-state index in [1.54, 1.807) is 12.5 Å².